The van der Waals surface area contributed by atoms with Gasteiger partial charge >= 0.3 is 6.03 Å². The van der Waals surface area contributed by atoms with E-state index in [1.54, 1.807) is 19.1 Å². The molecule has 26 heavy (non-hydrogen) atoms. The number of halogens is 1. The molecule has 136 valence electrons. The Morgan fingerprint density at radius 2 is 2.15 bits per heavy atom. The van der Waals surface area contributed by atoms with Gasteiger partial charge in [0.15, 0.2) is 0 Å². The van der Waals surface area contributed by atoms with Crippen LogP contribution in [0.1, 0.15) is 36.6 Å². The van der Waals surface area contributed by atoms with E-state index in [0.717, 1.165) is 15.8 Å². The summed E-state index contributed by atoms with van der Waals surface area (Å²) >= 11 is 3.43. The van der Waals surface area contributed by atoms with E-state index in [1.807, 2.05) is 18.2 Å². The number of urea groups is 1. The number of nitro groups is 1. The smallest absolute Gasteiger partial charge is 0.315 e. The van der Waals surface area contributed by atoms with E-state index in [2.05, 4.69) is 26.6 Å². The molecule has 0 bridgehead atoms. The molecule has 0 radical (unpaired) electrons. The van der Waals surface area contributed by atoms with Crippen molar-refractivity contribution in [3.63, 3.8) is 0 Å². The predicted molar refractivity (Wildman–Crippen MR) is 100 cm³/mol. The number of nitrogens with one attached hydrogen (secondary N) is 2. The first-order valence-corrected chi connectivity index (χ1v) is 8.97. The van der Waals surface area contributed by atoms with Crippen molar-refractivity contribution in [1.82, 2.24) is 10.6 Å². The monoisotopic (exact) mass is 419 g/mol. The molecule has 7 nitrogen and oxygen atoms in total. The fourth-order valence-electron chi connectivity index (χ4n) is 2.90. The maximum atomic E-state index is 12.4. The van der Waals surface area contributed by atoms with Crippen LogP contribution < -0.4 is 15.4 Å². The molecule has 0 aliphatic carbocycles. The Hall–Kier alpha value is -2.61. The average Bonchev–Trinajstić information content (AvgIpc) is 2.62. The molecular formula is C18H18BrN3O4. The van der Waals surface area contributed by atoms with Crippen molar-refractivity contribution < 1.29 is 14.5 Å². The second-order valence-corrected chi connectivity index (χ2v) is 6.98. The second-order valence-electron chi connectivity index (χ2n) is 6.06. The highest BCUT2D eigenvalue weighted by atomic mass is 79.9. The fourth-order valence-corrected chi connectivity index (χ4v) is 3.28. The maximum absolute atomic E-state index is 12.4. The van der Waals surface area contributed by atoms with E-state index in [-0.39, 0.29) is 23.8 Å². The lowest BCUT2D eigenvalue weighted by atomic mass is 10.0. The van der Waals surface area contributed by atoms with Crippen LogP contribution >= 0.6 is 15.9 Å². The van der Waals surface area contributed by atoms with Gasteiger partial charge in [0.2, 0.25) is 0 Å². The standard InChI is InChI=1S/C18H18BrN3O4/c1-11(12-3-2-4-14(9-12)22(24)25)20-18(23)21-16-7-8-26-17-6-5-13(19)10-15(16)17/h2-6,9-11,16H,7-8H2,1H3,(H2,20,21,23). The lowest BCUT2D eigenvalue weighted by molar-refractivity contribution is -0.384. The Bertz CT molecular complexity index is 843. The third-order valence-electron chi connectivity index (χ3n) is 4.25. The minimum atomic E-state index is -0.451. The molecule has 2 amide bonds. The summed E-state index contributed by atoms with van der Waals surface area (Å²) in [4.78, 5) is 22.8. The van der Waals surface area contributed by atoms with Crippen molar-refractivity contribution in [2.24, 2.45) is 0 Å². The van der Waals surface area contributed by atoms with Crippen molar-refractivity contribution in [1.29, 1.82) is 0 Å². The third kappa shape index (κ3) is 4.13. The summed E-state index contributed by atoms with van der Waals surface area (Å²) in [5, 5.41) is 16.7. The molecule has 0 fully saturated rings. The number of benzene rings is 2. The average molecular weight is 420 g/mol. The van der Waals surface area contributed by atoms with E-state index in [4.69, 9.17) is 4.74 Å². The third-order valence-corrected chi connectivity index (χ3v) is 4.74. The van der Waals surface area contributed by atoms with Crippen molar-refractivity contribution in [3.05, 3.63) is 68.2 Å². The topological polar surface area (TPSA) is 93.5 Å². The number of carbonyl (C=O) groups excluding carboxylic acids is 1. The largest absolute Gasteiger partial charge is 0.493 e. The van der Waals surface area contributed by atoms with Gasteiger partial charge in [-0.1, -0.05) is 28.1 Å². The Labute approximate surface area is 159 Å². The summed E-state index contributed by atoms with van der Waals surface area (Å²) in [6.07, 6.45) is 0.669. The number of nitrogens with zero attached hydrogens (tertiary/aromatic N) is 1. The Kier molecular flexibility index (Phi) is 5.41. The van der Waals surface area contributed by atoms with E-state index >= 15 is 0 Å². The zero-order chi connectivity index (χ0) is 18.7. The lowest BCUT2D eigenvalue weighted by Gasteiger charge is -2.27. The van der Waals surface area contributed by atoms with E-state index in [1.165, 1.54) is 12.1 Å². The van der Waals surface area contributed by atoms with E-state index in [9.17, 15) is 14.9 Å². The lowest BCUT2D eigenvalue weighted by Crippen LogP contribution is -2.40. The number of ether oxygens (including phenoxy) is 1. The first-order valence-electron chi connectivity index (χ1n) is 8.17. The number of nitro benzene ring substituents is 1. The molecule has 0 aromatic heterocycles. The van der Waals surface area contributed by atoms with Gasteiger partial charge in [0.1, 0.15) is 5.75 Å². The summed E-state index contributed by atoms with van der Waals surface area (Å²) < 4.78 is 6.54. The summed E-state index contributed by atoms with van der Waals surface area (Å²) in [6.45, 7) is 2.31. The van der Waals surface area contributed by atoms with Crippen LogP contribution in [-0.4, -0.2) is 17.6 Å². The molecule has 0 saturated carbocycles. The summed E-state index contributed by atoms with van der Waals surface area (Å²) in [6, 6.07) is 11.1. The molecule has 1 aliphatic heterocycles. The molecular weight excluding hydrogens is 402 g/mol. The van der Waals surface area contributed by atoms with Gasteiger partial charge in [-0.3, -0.25) is 10.1 Å². The molecule has 2 N–H and O–H groups in total. The number of hydrogen-bond acceptors (Lipinski definition) is 4. The molecule has 1 aliphatic rings. The van der Waals surface area contributed by atoms with Crippen LogP contribution in [0.2, 0.25) is 0 Å². The Balaban J connectivity index is 1.67. The highest BCUT2D eigenvalue weighted by Gasteiger charge is 2.24. The fraction of sp³-hybridized carbons (Fsp3) is 0.278. The van der Waals surface area contributed by atoms with Crippen LogP contribution in [0.5, 0.6) is 5.75 Å². The zero-order valence-corrected chi connectivity index (χ0v) is 15.7. The van der Waals surface area contributed by atoms with Crippen LogP contribution in [0.25, 0.3) is 0 Å². The molecule has 3 rings (SSSR count). The number of non-ortho nitro benzene ring substituents is 1. The van der Waals surface area contributed by atoms with Crippen molar-refractivity contribution >= 4 is 27.6 Å². The van der Waals surface area contributed by atoms with Crippen LogP contribution in [0.3, 0.4) is 0 Å². The van der Waals surface area contributed by atoms with E-state index in [0.29, 0.717) is 18.6 Å². The van der Waals surface area contributed by atoms with Crippen LogP contribution in [-0.2, 0) is 0 Å². The first kappa shape index (κ1) is 18.2. The van der Waals surface area contributed by atoms with Gasteiger partial charge < -0.3 is 15.4 Å². The van der Waals surface area contributed by atoms with Gasteiger partial charge in [0, 0.05) is 28.6 Å². The number of carbonyl (C=O) groups is 1. The number of amides is 2. The van der Waals surface area contributed by atoms with Gasteiger partial charge in [0.05, 0.1) is 23.6 Å². The summed E-state index contributed by atoms with van der Waals surface area (Å²) in [5.41, 5.74) is 1.59. The number of fused-ring (bicyclic) bond motifs is 1. The molecule has 1 heterocycles. The van der Waals surface area contributed by atoms with Gasteiger partial charge in [-0.15, -0.1) is 0 Å². The predicted octanol–water partition coefficient (Wildman–Crippen LogP) is 4.24. The molecule has 2 aromatic carbocycles. The molecule has 0 saturated heterocycles. The Morgan fingerprint density at radius 1 is 1.35 bits per heavy atom. The summed E-state index contributed by atoms with van der Waals surface area (Å²) in [7, 11) is 0. The van der Waals surface area contributed by atoms with Gasteiger partial charge in [0.25, 0.3) is 5.69 Å². The minimum Gasteiger partial charge on any atom is -0.493 e. The highest BCUT2D eigenvalue weighted by Crippen LogP contribution is 2.34. The van der Waals surface area contributed by atoms with Gasteiger partial charge in [-0.25, -0.2) is 4.79 Å². The normalized spacial score (nSPS) is 16.8. The SMILES string of the molecule is CC(NC(=O)NC1CCOc2ccc(Br)cc21)c1cccc([N+](=O)[O-])c1. The molecule has 2 unspecified atom stereocenters. The second kappa shape index (κ2) is 7.74. The number of rotatable bonds is 4. The molecule has 2 aromatic rings. The molecule has 2 atom stereocenters. The van der Waals surface area contributed by atoms with E-state index < -0.39 is 4.92 Å². The van der Waals surface area contributed by atoms with Gasteiger partial charge in [-0.05, 0) is 30.7 Å². The quantitative estimate of drug-likeness (QED) is 0.572. The zero-order valence-electron chi connectivity index (χ0n) is 14.1. The van der Waals surface area contributed by atoms with Crippen molar-refractivity contribution in [2.45, 2.75) is 25.4 Å². The minimum absolute atomic E-state index is 0.000218. The summed E-state index contributed by atoms with van der Waals surface area (Å²) in [5.74, 6) is 0.761. The first-order chi connectivity index (χ1) is 12.4. The molecule has 0 spiro atoms. The molecule has 8 heteroatoms. The van der Waals surface area contributed by atoms with Crippen molar-refractivity contribution in [3.8, 4) is 5.75 Å². The maximum Gasteiger partial charge on any atom is 0.315 e. The van der Waals surface area contributed by atoms with Crippen LogP contribution in [0.4, 0.5) is 10.5 Å². The van der Waals surface area contributed by atoms with Crippen LogP contribution in [0.15, 0.2) is 46.9 Å². The highest BCUT2D eigenvalue weighted by molar-refractivity contribution is 9.10. The Morgan fingerprint density at radius 3 is 2.92 bits per heavy atom. The number of hydrogen-bond donors (Lipinski definition) is 2. The van der Waals surface area contributed by atoms with Crippen LogP contribution in [0, 0.1) is 10.1 Å². The van der Waals surface area contributed by atoms with Gasteiger partial charge in [-0.2, -0.15) is 0 Å². The van der Waals surface area contributed by atoms with Crippen molar-refractivity contribution in [2.75, 3.05) is 6.61 Å².